The van der Waals surface area contributed by atoms with E-state index in [1.165, 1.54) is 0 Å². The number of carbonyl (C=O) groups excluding carboxylic acids is 1. The molecule has 3 rings (SSSR count). The van der Waals surface area contributed by atoms with Gasteiger partial charge in [0.2, 0.25) is 0 Å². The zero-order chi connectivity index (χ0) is 17.1. The number of benzene rings is 1. The van der Waals surface area contributed by atoms with E-state index in [0.29, 0.717) is 12.5 Å². The Hall–Kier alpha value is -2.37. The van der Waals surface area contributed by atoms with Crippen LogP contribution in [0, 0.1) is 12.8 Å². The molecule has 0 spiro atoms. The number of nitrogens with one attached hydrogen (secondary N) is 1. The lowest BCUT2D eigenvalue weighted by Gasteiger charge is -2.33. The molecule has 2 aromatic rings. The van der Waals surface area contributed by atoms with E-state index in [-0.39, 0.29) is 11.6 Å². The van der Waals surface area contributed by atoms with E-state index in [1.54, 1.807) is 4.57 Å². The Balaban J connectivity index is 1.71. The number of rotatable bonds is 4. The summed E-state index contributed by atoms with van der Waals surface area (Å²) in [5, 5.41) is 6.67. The second-order valence-electron chi connectivity index (χ2n) is 6.47. The van der Waals surface area contributed by atoms with Gasteiger partial charge in [-0.3, -0.25) is 9.36 Å². The van der Waals surface area contributed by atoms with Gasteiger partial charge in [0, 0.05) is 31.6 Å². The van der Waals surface area contributed by atoms with Crippen LogP contribution in [0.4, 0.5) is 0 Å². The van der Waals surface area contributed by atoms with Crippen LogP contribution >= 0.6 is 0 Å². The number of aromatic amines is 1. The monoisotopic (exact) mass is 328 g/mol. The lowest BCUT2D eigenvalue weighted by molar-refractivity contribution is 0.0671. The van der Waals surface area contributed by atoms with Gasteiger partial charge in [-0.25, -0.2) is 9.89 Å². The summed E-state index contributed by atoms with van der Waals surface area (Å²) in [6.45, 7) is 6.04. The van der Waals surface area contributed by atoms with Gasteiger partial charge < -0.3 is 4.90 Å². The van der Waals surface area contributed by atoms with E-state index < -0.39 is 0 Å². The Labute approximate surface area is 141 Å². The highest BCUT2D eigenvalue weighted by Crippen LogP contribution is 2.22. The van der Waals surface area contributed by atoms with Crippen LogP contribution in [-0.2, 0) is 13.0 Å². The van der Waals surface area contributed by atoms with Crippen molar-refractivity contribution in [3.63, 3.8) is 0 Å². The van der Waals surface area contributed by atoms with Crippen LogP contribution in [0.5, 0.6) is 0 Å². The highest BCUT2D eigenvalue weighted by molar-refractivity contribution is 5.95. The number of aromatic nitrogens is 3. The van der Waals surface area contributed by atoms with Crippen LogP contribution in [-0.4, -0.2) is 38.7 Å². The van der Waals surface area contributed by atoms with Crippen molar-refractivity contribution in [1.29, 1.82) is 0 Å². The Morgan fingerprint density at radius 3 is 2.92 bits per heavy atom. The first kappa shape index (κ1) is 16.5. The molecule has 1 N–H and O–H groups in total. The number of carbonyl (C=O) groups is 1. The molecule has 0 unspecified atom stereocenters. The molecule has 24 heavy (non-hydrogen) atoms. The molecule has 1 amide bonds. The van der Waals surface area contributed by atoms with Crippen LogP contribution in [0.25, 0.3) is 0 Å². The molecule has 0 radical (unpaired) electrons. The first-order chi connectivity index (χ1) is 11.6. The Kier molecular flexibility index (Phi) is 4.83. The van der Waals surface area contributed by atoms with Gasteiger partial charge in [-0.1, -0.05) is 18.2 Å². The predicted molar refractivity (Wildman–Crippen MR) is 92.0 cm³/mol. The van der Waals surface area contributed by atoms with Crippen molar-refractivity contribution in [3.8, 4) is 0 Å². The van der Waals surface area contributed by atoms with Gasteiger partial charge in [-0.2, -0.15) is 5.10 Å². The maximum absolute atomic E-state index is 12.8. The molecule has 0 aliphatic carbocycles. The van der Waals surface area contributed by atoms with Crippen molar-refractivity contribution >= 4 is 5.91 Å². The van der Waals surface area contributed by atoms with Gasteiger partial charge in [0.25, 0.3) is 5.91 Å². The standard InChI is InChI=1S/C18H24N4O2/c1-3-22-16(19-20-18(22)24)11-14-8-6-10-21(12-14)17(23)15-9-5-4-7-13(15)2/h4-5,7,9,14H,3,6,8,10-12H2,1-2H3,(H,20,24)/t14-/m1/s1. The van der Waals surface area contributed by atoms with Gasteiger partial charge in [-0.15, -0.1) is 0 Å². The fourth-order valence-corrected chi connectivity index (χ4v) is 3.49. The maximum Gasteiger partial charge on any atom is 0.343 e. The average Bonchev–Trinajstić information content (AvgIpc) is 2.94. The Bertz CT molecular complexity index is 777. The van der Waals surface area contributed by atoms with E-state index in [1.807, 2.05) is 43.0 Å². The summed E-state index contributed by atoms with van der Waals surface area (Å²) in [5.74, 6) is 1.23. The summed E-state index contributed by atoms with van der Waals surface area (Å²) in [6, 6.07) is 7.72. The SMILES string of the molecule is CCn1c(C[C@H]2CCCN(C(=O)c3ccccc3C)C2)n[nH]c1=O. The smallest absolute Gasteiger partial charge is 0.338 e. The van der Waals surface area contributed by atoms with Crippen molar-refractivity contribution in [2.75, 3.05) is 13.1 Å². The van der Waals surface area contributed by atoms with Crippen molar-refractivity contribution in [2.45, 2.75) is 39.7 Å². The number of hydrogen-bond donors (Lipinski definition) is 1. The van der Waals surface area contributed by atoms with E-state index >= 15 is 0 Å². The van der Waals surface area contributed by atoms with Crippen molar-refractivity contribution in [2.24, 2.45) is 5.92 Å². The highest BCUT2D eigenvalue weighted by atomic mass is 16.2. The molecule has 0 bridgehead atoms. The molecule has 1 saturated heterocycles. The summed E-state index contributed by atoms with van der Waals surface area (Å²) < 4.78 is 1.67. The van der Waals surface area contributed by atoms with E-state index in [2.05, 4.69) is 10.2 Å². The minimum Gasteiger partial charge on any atom is -0.338 e. The largest absolute Gasteiger partial charge is 0.343 e. The third-order valence-corrected chi connectivity index (χ3v) is 4.81. The molecular formula is C18H24N4O2. The minimum atomic E-state index is -0.156. The predicted octanol–water partition coefficient (Wildman–Crippen LogP) is 1.99. The van der Waals surface area contributed by atoms with Gasteiger partial charge >= 0.3 is 5.69 Å². The van der Waals surface area contributed by atoms with Crippen LogP contribution in [0.3, 0.4) is 0 Å². The topological polar surface area (TPSA) is 71.0 Å². The second kappa shape index (κ2) is 7.03. The molecule has 1 aliphatic heterocycles. The van der Waals surface area contributed by atoms with Crippen molar-refractivity contribution < 1.29 is 4.79 Å². The number of hydrogen-bond acceptors (Lipinski definition) is 3. The van der Waals surface area contributed by atoms with E-state index in [0.717, 1.165) is 49.3 Å². The van der Waals surface area contributed by atoms with Crippen molar-refractivity contribution in [1.82, 2.24) is 19.7 Å². The molecule has 128 valence electrons. The molecule has 0 saturated carbocycles. The maximum atomic E-state index is 12.8. The van der Waals surface area contributed by atoms with Crippen LogP contribution in [0.15, 0.2) is 29.1 Å². The molecule has 1 fully saturated rings. The summed E-state index contributed by atoms with van der Waals surface area (Å²) in [6.07, 6.45) is 2.77. The fourth-order valence-electron chi connectivity index (χ4n) is 3.49. The molecule has 6 nitrogen and oxygen atoms in total. The van der Waals surface area contributed by atoms with Gasteiger partial charge in [-0.05, 0) is 44.2 Å². The summed E-state index contributed by atoms with van der Waals surface area (Å²) in [4.78, 5) is 26.4. The van der Waals surface area contributed by atoms with Gasteiger partial charge in [0.1, 0.15) is 5.82 Å². The average molecular weight is 328 g/mol. The third kappa shape index (κ3) is 3.27. The van der Waals surface area contributed by atoms with Crippen molar-refractivity contribution in [3.05, 3.63) is 51.7 Å². The second-order valence-corrected chi connectivity index (χ2v) is 6.47. The summed E-state index contributed by atoms with van der Waals surface area (Å²) in [5.41, 5.74) is 1.64. The first-order valence-electron chi connectivity index (χ1n) is 8.59. The Morgan fingerprint density at radius 2 is 2.17 bits per heavy atom. The van der Waals surface area contributed by atoms with Gasteiger partial charge in [0.15, 0.2) is 0 Å². The minimum absolute atomic E-state index is 0.104. The van der Waals surface area contributed by atoms with Crippen LogP contribution < -0.4 is 5.69 Å². The summed E-state index contributed by atoms with van der Waals surface area (Å²) >= 11 is 0. The molecule has 6 heteroatoms. The number of likely N-dealkylation sites (tertiary alicyclic amines) is 1. The number of H-pyrrole nitrogens is 1. The number of nitrogens with zero attached hydrogens (tertiary/aromatic N) is 3. The first-order valence-corrected chi connectivity index (χ1v) is 8.59. The summed E-state index contributed by atoms with van der Waals surface area (Å²) in [7, 11) is 0. The van der Waals surface area contributed by atoms with Crippen LogP contribution in [0.2, 0.25) is 0 Å². The lowest BCUT2D eigenvalue weighted by Crippen LogP contribution is -2.41. The van der Waals surface area contributed by atoms with Crippen LogP contribution in [0.1, 0.15) is 41.5 Å². The molecule has 1 atom stereocenters. The highest BCUT2D eigenvalue weighted by Gasteiger charge is 2.26. The van der Waals surface area contributed by atoms with E-state index in [4.69, 9.17) is 0 Å². The molecule has 1 aliphatic rings. The fraction of sp³-hybridized carbons (Fsp3) is 0.500. The molecule has 1 aromatic heterocycles. The molecule has 2 heterocycles. The zero-order valence-electron chi connectivity index (χ0n) is 14.3. The number of amides is 1. The molecular weight excluding hydrogens is 304 g/mol. The quantitative estimate of drug-likeness (QED) is 0.933. The number of piperidine rings is 1. The molecule has 1 aromatic carbocycles. The zero-order valence-corrected chi connectivity index (χ0v) is 14.3. The van der Waals surface area contributed by atoms with E-state index in [9.17, 15) is 9.59 Å². The third-order valence-electron chi connectivity index (χ3n) is 4.81. The normalized spacial score (nSPS) is 17.9. The lowest BCUT2D eigenvalue weighted by atomic mass is 9.93. The van der Waals surface area contributed by atoms with Gasteiger partial charge in [0.05, 0.1) is 0 Å². The Morgan fingerprint density at radius 1 is 1.38 bits per heavy atom. The number of aryl methyl sites for hydroxylation is 1.